The second kappa shape index (κ2) is 10.2. The van der Waals surface area contributed by atoms with Gasteiger partial charge in [0.05, 0.1) is 24.0 Å². The van der Waals surface area contributed by atoms with Gasteiger partial charge in [-0.15, -0.1) is 0 Å². The van der Waals surface area contributed by atoms with Gasteiger partial charge in [0.25, 0.3) is 0 Å². The predicted molar refractivity (Wildman–Crippen MR) is 136 cm³/mol. The molecule has 1 atom stereocenters. The zero-order chi connectivity index (χ0) is 25.1. The van der Waals surface area contributed by atoms with Gasteiger partial charge in [-0.05, 0) is 71.0 Å². The molecule has 0 saturated heterocycles. The van der Waals surface area contributed by atoms with Crippen molar-refractivity contribution in [1.82, 2.24) is 15.1 Å². The van der Waals surface area contributed by atoms with Crippen molar-refractivity contribution >= 4 is 17.0 Å². The zero-order valence-corrected chi connectivity index (χ0v) is 21.5. The molecule has 1 N–H and O–H groups in total. The Morgan fingerprint density at radius 1 is 1.09 bits per heavy atom. The summed E-state index contributed by atoms with van der Waals surface area (Å²) in [6, 6.07) is 12.8. The molecule has 0 spiro atoms. The van der Waals surface area contributed by atoms with E-state index in [1.54, 1.807) is 12.1 Å². The van der Waals surface area contributed by atoms with Gasteiger partial charge in [-0.1, -0.05) is 54.5 Å². The van der Waals surface area contributed by atoms with Crippen molar-refractivity contribution in [3.8, 4) is 5.69 Å². The lowest BCUT2D eigenvalue weighted by molar-refractivity contribution is 0.101. The summed E-state index contributed by atoms with van der Waals surface area (Å²) in [5.41, 5.74) is 2.75. The van der Waals surface area contributed by atoms with Crippen LogP contribution in [0.15, 0.2) is 48.7 Å². The van der Waals surface area contributed by atoms with Gasteiger partial charge in [0.2, 0.25) is 0 Å². The normalized spacial score (nSPS) is 13.3. The zero-order valence-electron chi connectivity index (χ0n) is 21.5. The van der Waals surface area contributed by atoms with Crippen LogP contribution in [0.1, 0.15) is 66.4 Å². The third kappa shape index (κ3) is 6.58. The lowest BCUT2D eigenvalue weighted by Crippen LogP contribution is -2.39. The van der Waals surface area contributed by atoms with Crippen molar-refractivity contribution in [1.29, 1.82) is 0 Å². The fourth-order valence-electron chi connectivity index (χ4n) is 4.19. The summed E-state index contributed by atoms with van der Waals surface area (Å²) < 4.78 is 20.6. The highest BCUT2D eigenvalue weighted by Gasteiger charge is 2.32. The van der Waals surface area contributed by atoms with E-state index in [1.807, 2.05) is 31.6 Å². The van der Waals surface area contributed by atoms with Crippen molar-refractivity contribution in [2.24, 2.45) is 16.7 Å². The molecule has 3 rings (SSSR count). The molecule has 5 nitrogen and oxygen atoms in total. The van der Waals surface area contributed by atoms with E-state index in [0.29, 0.717) is 19.1 Å². The molecule has 1 heterocycles. The van der Waals surface area contributed by atoms with E-state index >= 15 is 0 Å². The molecule has 0 bridgehead atoms. The van der Waals surface area contributed by atoms with Crippen LogP contribution in [0, 0.1) is 22.6 Å². The molecule has 0 radical (unpaired) electrons. The summed E-state index contributed by atoms with van der Waals surface area (Å²) in [6.45, 7) is 15.8. The first-order valence-corrected chi connectivity index (χ1v) is 12.0. The maximum Gasteiger partial charge on any atom is 0.407 e. The van der Waals surface area contributed by atoms with Gasteiger partial charge in [-0.3, -0.25) is 0 Å². The standard InChI is InChI=1S/C28H38FN3O2/c1-19(2)14-24(28(6,7)17-30-26(33)34-18-27(3,4)5)20-8-13-25-21(15-20)16-31-32(25)23-11-9-22(29)10-12-23/h8-13,15-16,19,24H,14,17-18H2,1-7H3,(H,30,33). The van der Waals surface area contributed by atoms with E-state index in [9.17, 15) is 9.18 Å². The first-order valence-electron chi connectivity index (χ1n) is 12.0. The summed E-state index contributed by atoms with van der Waals surface area (Å²) in [6.07, 6.45) is 2.47. The van der Waals surface area contributed by atoms with Crippen molar-refractivity contribution in [3.05, 3.63) is 60.0 Å². The Labute approximate surface area is 202 Å². The molecule has 0 aliphatic heterocycles. The molecule has 0 saturated carbocycles. The van der Waals surface area contributed by atoms with Gasteiger partial charge in [0.1, 0.15) is 5.82 Å². The number of nitrogens with one attached hydrogen (secondary N) is 1. The van der Waals surface area contributed by atoms with Crippen LogP contribution >= 0.6 is 0 Å². The number of benzene rings is 2. The number of hydrogen-bond acceptors (Lipinski definition) is 3. The molecule has 1 unspecified atom stereocenters. The summed E-state index contributed by atoms with van der Waals surface area (Å²) in [5.74, 6) is 0.459. The Hall–Kier alpha value is -2.89. The second-order valence-electron chi connectivity index (χ2n) is 11.5. The molecule has 1 aromatic heterocycles. The Balaban J connectivity index is 1.83. The highest BCUT2D eigenvalue weighted by atomic mass is 19.1. The number of carbonyl (C=O) groups is 1. The SMILES string of the molecule is CC(C)CC(c1ccc2c(cnn2-c2ccc(F)cc2)c1)C(C)(C)CNC(=O)OCC(C)(C)C. The predicted octanol–water partition coefficient (Wildman–Crippen LogP) is 7.09. The van der Waals surface area contributed by atoms with E-state index in [4.69, 9.17) is 4.74 Å². The van der Waals surface area contributed by atoms with Crippen LogP contribution < -0.4 is 5.32 Å². The molecular formula is C28H38FN3O2. The highest BCUT2D eigenvalue weighted by molar-refractivity contribution is 5.81. The van der Waals surface area contributed by atoms with E-state index < -0.39 is 0 Å². The van der Waals surface area contributed by atoms with Crippen molar-refractivity contribution in [2.75, 3.05) is 13.2 Å². The van der Waals surface area contributed by atoms with Crippen LogP contribution in [0.4, 0.5) is 9.18 Å². The molecule has 0 fully saturated rings. The van der Waals surface area contributed by atoms with Gasteiger partial charge in [-0.2, -0.15) is 5.10 Å². The third-order valence-corrected chi connectivity index (χ3v) is 6.04. The van der Waals surface area contributed by atoms with Gasteiger partial charge in [-0.25, -0.2) is 13.9 Å². The minimum absolute atomic E-state index is 0.0686. The Morgan fingerprint density at radius 3 is 2.38 bits per heavy atom. The van der Waals surface area contributed by atoms with Gasteiger partial charge in [0.15, 0.2) is 0 Å². The lowest BCUT2D eigenvalue weighted by atomic mass is 9.71. The lowest BCUT2D eigenvalue weighted by Gasteiger charge is -2.36. The first kappa shape index (κ1) is 25.7. The fraction of sp³-hybridized carbons (Fsp3) is 0.500. The number of carbonyl (C=O) groups excluding carboxylic acids is 1. The summed E-state index contributed by atoms with van der Waals surface area (Å²) in [5, 5.41) is 8.55. The van der Waals surface area contributed by atoms with Gasteiger partial charge < -0.3 is 10.1 Å². The maximum absolute atomic E-state index is 13.3. The van der Waals surface area contributed by atoms with E-state index in [-0.39, 0.29) is 28.7 Å². The summed E-state index contributed by atoms with van der Waals surface area (Å²) in [7, 11) is 0. The molecule has 0 aliphatic carbocycles. The molecule has 1 amide bonds. The van der Waals surface area contributed by atoms with E-state index in [0.717, 1.165) is 23.0 Å². The molecule has 2 aromatic carbocycles. The second-order valence-corrected chi connectivity index (χ2v) is 11.5. The molecule has 6 heteroatoms. The topological polar surface area (TPSA) is 56.2 Å². The molecule has 34 heavy (non-hydrogen) atoms. The number of aromatic nitrogens is 2. The van der Waals surface area contributed by atoms with Crippen LogP contribution in [0.3, 0.4) is 0 Å². The number of fused-ring (bicyclic) bond motifs is 1. The Bertz CT molecular complexity index is 1110. The Morgan fingerprint density at radius 2 is 1.76 bits per heavy atom. The summed E-state index contributed by atoms with van der Waals surface area (Å²) in [4.78, 5) is 12.3. The van der Waals surface area contributed by atoms with E-state index in [2.05, 4.69) is 56.3 Å². The van der Waals surface area contributed by atoms with Crippen LogP contribution in [-0.2, 0) is 4.74 Å². The number of halogens is 1. The molecule has 0 aliphatic rings. The minimum atomic E-state index is -0.373. The van der Waals surface area contributed by atoms with Crippen LogP contribution in [0.5, 0.6) is 0 Å². The number of ether oxygens (including phenoxy) is 1. The molecular weight excluding hydrogens is 429 g/mol. The van der Waals surface area contributed by atoms with Crippen LogP contribution in [-0.4, -0.2) is 29.0 Å². The van der Waals surface area contributed by atoms with E-state index in [1.165, 1.54) is 17.7 Å². The highest BCUT2D eigenvalue weighted by Crippen LogP contribution is 2.41. The number of hydrogen-bond donors (Lipinski definition) is 1. The van der Waals surface area contributed by atoms with Crippen molar-refractivity contribution in [2.45, 2.75) is 60.8 Å². The first-order chi connectivity index (χ1) is 15.9. The number of amides is 1. The van der Waals surface area contributed by atoms with Gasteiger partial charge in [0, 0.05) is 11.9 Å². The Kier molecular flexibility index (Phi) is 7.69. The van der Waals surface area contributed by atoms with Gasteiger partial charge >= 0.3 is 6.09 Å². The van der Waals surface area contributed by atoms with Crippen LogP contribution in [0.2, 0.25) is 0 Å². The maximum atomic E-state index is 13.3. The number of nitrogens with zero attached hydrogens (tertiary/aromatic N) is 2. The smallest absolute Gasteiger partial charge is 0.407 e. The van der Waals surface area contributed by atoms with Crippen molar-refractivity contribution < 1.29 is 13.9 Å². The third-order valence-electron chi connectivity index (χ3n) is 6.04. The molecule has 184 valence electrons. The van der Waals surface area contributed by atoms with Crippen LogP contribution in [0.25, 0.3) is 16.6 Å². The average molecular weight is 468 g/mol. The molecule has 3 aromatic rings. The largest absolute Gasteiger partial charge is 0.449 e. The number of alkyl carbamates (subject to hydrolysis) is 1. The minimum Gasteiger partial charge on any atom is -0.449 e. The van der Waals surface area contributed by atoms with Crippen molar-refractivity contribution in [3.63, 3.8) is 0 Å². The summed E-state index contributed by atoms with van der Waals surface area (Å²) >= 11 is 0. The fourth-order valence-corrected chi connectivity index (χ4v) is 4.19. The monoisotopic (exact) mass is 467 g/mol. The number of rotatable bonds is 8. The average Bonchev–Trinajstić information content (AvgIpc) is 3.18. The quantitative estimate of drug-likeness (QED) is 0.385.